The van der Waals surface area contributed by atoms with Crippen LogP contribution >= 0.6 is 0 Å². The number of hydrogen-bond donors (Lipinski definition) is 3. The van der Waals surface area contributed by atoms with E-state index < -0.39 is 26.5 Å². The number of aryl methyl sites for hydroxylation is 2. The minimum absolute atomic E-state index is 0.206. The predicted octanol–water partition coefficient (Wildman–Crippen LogP) is 11.4. The van der Waals surface area contributed by atoms with Crippen LogP contribution in [0.1, 0.15) is 11.1 Å². The fraction of sp³-hybridized carbons (Fsp3) is 0.128. The lowest BCUT2D eigenvalue weighted by molar-refractivity contribution is 0.415. The summed E-state index contributed by atoms with van der Waals surface area (Å²) in [5.74, 6) is 0.905. The highest BCUT2D eigenvalue weighted by molar-refractivity contribution is 7.86. The average molecular weight is 746 g/mol. The Hall–Kier alpha value is -6.71. The van der Waals surface area contributed by atoms with E-state index in [1.165, 1.54) is 20.3 Å². The number of azo groups is 3. The van der Waals surface area contributed by atoms with Crippen LogP contribution in [0.5, 0.6) is 23.0 Å². The van der Waals surface area contributed by atoms with E-state index in [2.05, 4.69) is 36.0 Å². The summed E-state index contributed by atoms with van der Waals surface area (Å²) in [6, 6.07) is 29.5. The van der Waals surface area contributed by atoms with Gasteiger partial charge in [0.2, 0.25) is 0 Å². The number of methoxy groups -OCH3 is 3. The minimum Gasteiger partial charge on any atom is -0.505 e. The van der Waals surface area contributed by atoms with Crippen molar-refractivity contribution in [3.63, 3.8) is 0 Å². The van der Waals surface area contributed by atoms with Gasteiger partial charge in [-0.15, -0.1) is 15.3 Å². The summed E-state index contributed by atoms with van der Waals surface area (Å²) in [4.78, 5) is -0.619. The van der Waals surface area contributed by atoms with E-state index in [1.54, 1.807) is 80.8 Å². The summed E-state index contributed by atoms with van der Waals surface area (Å²) < 4.78 is 51.4. The molecule has 274 valence electrons. The van der Waals surface area contributed by atoms with Crippen LogP contribution in [-0.4, -0.2) is 39.4 Å². The SMILES string of the molecule is COc1ccc(N=Nc2cc(OC)c(N=Nc3cc(OC)c(N=Nc4c(S(=O)(=O)O)cc5cc(Nc6ccccc6)ccc5c4O)cc3C)cc2C)cc1. The van der Waals surface area contributed by atoms with Gasteiger partial charge in [-0.3, -0.25) is 4.55 Å². The molecule has 6 aromatic rings. The summed E-state index contributed by atoms with van der Waals surface area (Å²) in [6.07, 6.45) is 0. The van der Waals surface area contributed by atoms with Crippen molar-refractivity contribution in [1.29, 1.82) is 0 Å². The van der Waals surface area contributed by atoms with Crippen LogP contribution in [-0.2, 0) is 10.1 Å². The summed E-state index contributed by atoms with van der Waals surface area (Å²) in [7, 11) is -0.299. The van der Waals surface area contributed by atoms with Gasteiger partial charge in [0.1, 0.15) is 39.2 Å². The van der Waals surface area contributed by atoms with E-state index in [4.69, 9.17) is 14.2 Å². The lowest BCUT2D eigenvalue weighted by Gasteiger charge is -2.12. The molecule has 14 nitrogen and oxygen atoms in total. The maximum atomic E-state index is 12.5. The van der Waals surface area contributed by atoms with Gasteiger partial charge >= 0.3 is 0 Å². The first kappa shape index (κ1) is 37.1. The van der Waals surface area contributed by atoms with Crippen LogP contribution in [0.2, 0.25) is 0 Å². The van der Waals surface area contributed by atoms with Crippen molar-refractivity contribution in [2.45, 2.75) is 18.7 Å². The molecule has 0 atom stereocenters. The number of hydrogen-bond acceptors (Lipinski definition) is 13. The number of anilines is 2. The van der Waals surface area contributed by atoms with Crippen LogP contribution in [0.4, 0.5) is 45.5 Å². The highest BCUT2D eigenvalue weighted by Crippen LogP contribution is 2.44. The molecule has 0 bridgehead atoms. The number of benzene rings is 6. The van der Waals surface area contributed by atoms with Gasteiger partial charge in [0.25, 0.3) is 10.1 Å². The van der Waals surface area contributed by atoms with Crippen LogP contribution in [0.15, 0.2) is 139 Å². The standard InChI is InChI=1S/C39H35N7O7S/c1-23-17-33(35(52-4)21-31(23)42-41-27-11-14-29(51-3)15-12-27)44-43-32-22-36(53-5)34(18-24(32)2)45-46-38-37(54(48,49)50)20-25-19-28(13-16-30(25)39(38)47)40-26-9-7-6-8-10-26/h6-22,40,47H,1-5H3,(H,48,49,50). The number of phenols is 1. The number of para-hydroxylation sites is 1. The highest BCUT2D eigenvalue weighted by Gasteiger charge is 2.23. The number of nitrogens with zero attached hydrogens (tertiary/aromatic N) is 6. The molecule has 6 rings (SSSR count). The molecule has 0 radical (unpaired) electrons. The van der Waals surface area contributed by atoms with Crippen molar-refractivity contribution in [1.82, 2.24) is 0 Å². The van der Waals surface area contributed by atoms with Gasteiger partial charge < -0.3 is 24.6 Å². The zero-order valence-electron chi connectivity index (χ0n) is 29.8. The van der Waals surface area contributed by atoms with Crippen molar-refractivity contribution >= 4 is 66.4 Å². The molecule has 6 aromatic carbocycles. The first-order chi connectivity index (χ1) is 26.0. The van der Waals surface area contributed by atoms with Gasteiger partial charge in [-0.05, 0) is 103 Å². The van der Waals surface area contributed by atoms with Gasteiger partial charge in [-0.25, -0.2) is 0 Å². The first-order valence-electron chi connectivity index (χ1n) is 16.3. The van der Waals surface area contributed by atoms with E-state index in [-0.39, 0.29) is 11.4 Å². The Morgan fingerprint density at radius 1 is 0.593 bits per heavy atom. The van der Waals surface area contributed by atoms with Gasteiger partial charge in [0.05, 0.1) is 38.4 Å². The van der Waals surface area contributed by atoms with Gasteiger partial charge in [0.15, 0.2) is 5.75 Å². The van der Waals surface area contributed by atoms with Crippen molar-refractivity contribution in [3.8, 4) is 23.0 Å². The van der Waals surface area contributed by atoms with Crippen molar-refractivity contribution in [2.75, 3.05) is 26.6 Å². The molecule has 0 aliphatic heterocycles. The second-order valence-electron chi connectivity index (χ2n) is 11.9. The number of nitrogens with one attached hydrogen (secondary N) is 1. The fourth-order valence-electron chi connectivity index (χ4n) is 5.41. The Kier molecular flexibility index (Phi) is 10.9. The molecule has 15 heteroatoms. The first-order valence-corrected chi connectivity index (χ1v) is 17.8. The largest absolute Gasteiger partial charge is 0.505 e. The average Bonchev–Trinajstić information content (AvgIpc) is 3.16. The molecule has 0 spiro atoms. The Morgan fingerprint density at radius 3 is 1.74 bits per heavy atom. The van der Waals surface area contributed by atoms with E-state index in [0.29, 0.717) is 50.5 Å². The van der Waals surface area contributed by atoms with E-state index in [0.717, 1.165) is 17.0 Å². The van der Waals surface area contributed by atoms with Crippen LogP contribution in [0, 0.1) is 13.8 Å². The molecule has 0 unspecified atom stereocenters. The molecular formula is C39H35N7O7S. The molecule has 0 aliphatic carbocycles. The summed E-state index contributed by atoms with van der Waals surface area (Å²) in [5, 5.41) is 40.9. The predicted molar refractivity (Wildman–Crippen MR) is 206 cm³/mol. The second-order valence-corrected chi connectivity index (χ2v) is 13.3. The quantitative estimate of drug-likeness (QED) is 0.0814. The zero-order valence-corrected chi connectivity index (χ0v) is 30.7. The summed E-state index contributed by atoms with van der Waals surface area (Å²) in [6.45, 7) is 3.65. The zero-order chi connectivity index (χ0) is 38.4. The maximum absolute atomic E-state index is 12.5. The van der Waals surface area contributed by atoms with E-state index in [1.807, 2.05) is 37.3 Å². The lowest BCUT2D eigenvalue weighted by Crippen LogP contribution is -1.99. The van der Waals surface area contributed by atoms with Gasteiger partial charge in [0, 0.05) is 28.9 Å². The third kappa shape index (κ3) is 8.33. The normalized spacial score (nSPS) is 11.9. The molecule has 0 fully saturated rings. The molecule has 0 saturated heterocycles. The molecular weight excluding hydrogens is 711 g/mol. The number of rotatable bonds is 12. The van der Waals surface area contributed by atoms with Crippen molar-refractivity contribution in [3.05, 3.63) is 114 Å². The Labute approximate surface area is 311 Å². The summed E-state index contributed by atoms with van der Waals surface area (Å²) >= 11 is 0. The van der Waals surface area contributed by atoms with Gasteiger partial charge in [-0.1, -0.05) is 18.2 Å². The Morgan fingerprint density at radius 2 is 1.17 bits per heavy atom. The van der Waals surface area contributed by atoms with Crippen molar-refractivity contribution < 1.29 is 32.3 Å². The number of ether oxygens (including phenoxy) is 3. The molecule has 0 amide bonds. The Bertz CT molecular complexity index is 2540. The van der Waals surface area contributed by atoms with E-state index in [9.17, 15) is 18.1 Å². The maximum Gasteiger partial charge on any atom is 0.296 e. The van der Waals surface area contributed by atoms with Crippen molar-refractivity contribution in [2.24, 2.45) is 30.7 Å². The molecule has 0 aromatic heterocycles. The number of fused-ring (bicyclic) bond motifs is 1. The summed E-state index contributed by atoms with van der Waals surface area (Å²) in [5.41, 5.74) is 4.78. The second kappa shape index (κ2) is 15.9. The molecule has 3 N–H and O–H groups in total. The molecule has 54 heavy (non-hydrogen) atoms. The number of phenolic OH excluding ortho intramolecular Hbond substituents is 1. The monoisotopic (exact) mass is 745 g/mol. The highest BCUT2D eigenvalue weighted by atomic mass is 32.2. The molecule has 0 saturated carbocycles. The molecule has 0 aliphatic rings. The van der Waals surface area contributed by atoms with Crippen LogP contribution in [0.25, 0.3) is 10.8 Å². The third-order valence-electron chi connectivity index (χ3n) is 8.26. The topological polar surface area (TPSA) is 188 Å². The van der Waals surface area contributed by atoms with Gasteiger partial charge in [-0.2, -0.15) is 23.8 Å². The smallest absolute Gasteiger partial charge is 0.296 e. The Balaban J connectivity index is 1.28. The third-order valence-corrected chi connectivity index (χ3v) is 9.12. The fourth-order valence-corrected chi connectivity index (χ4v) is 6.06. The minimum atomic E-state index is -4.84. The van der Waals surface area contributed by atoms with E-state index >= 15 is 0 Å². The molecule has 0 heterocycles. The van der Waals surface area contributed by atoms with Crippen LogP contribution in [0.3, 0.4) is 0 Å². The number of aromatic hydroxyl groups is 1. The lowest BCUT2D eigenvalue weighted by atomic mass is 10.1. The van der Waals surface area contributed by atoms with Crippen LogP contribution < -0.4 is 19.5 Å².